The van der Waals surface area contributed by atoms with E-state index in [1.165, 1.54) is 0 Å². The van der Waals surface area contributed by atoms with Crippen LogP contribution in [0.2, 0.25) is 0 Å². The van der Waals surface area contributed by atoms with E-state index in [4.69, 9.17) is 9.52 Å². The van der Waals surface area contributed by atoms with Gasteiger partial charge in [0.05, 0.1) is 5.41 Å². The number of aliphatic carboxylic acids is 1. The number of rotatable bonds is 3. The molecular weight excluding hydrogens is 216 g/mol. The Morgan fingerprint density at radius 3 is 2.71 bits per heavy atom. The third-order valence-corrected chi connectivity index (χ3v) is 2.92. The number of carboxylic acid groups (broad SMARTS) is 1. The first-order chi connectivity index (χ1) is 7.88. The summed E-state index contributed by atoms with van der Waals surface area (Å²) in [5.41, 5.74) is 1.15. The second-order valence-corrected chi connectivity index (χ2v) is 5.12. The maximum Gasteiger partial charge on any atom is 0.309 e. The number of benzene rings is 1. The molecule has 0 radical (unpaired) electrons. The molecule has 3 nitrogen and oxygen atoms in total. The maximum absolute atomic E-state index is 11.1. The zero-order valence-electron chi connectivity index (χ0n) is 10.3. The van der Waals surface area contributed by atoms with E-state index in [0.29, 0.717) is 6.42 Å². The van der Waals surface area contributed by atoms with E-state index in [1.807, 2.05) is 31.2 Å². The lowest BCUT2D eigenvalue weighted by molar-refractivity contribution is -0.147. The first-order valence-corrected chi connectivity index (χ1v) is 5.61. The maximum atomic E-state index is 11.1. The molecule has 0 aliphatic heterocycles. The van der Waals surface area contributed by atoms with Crippen LogP contribution in [0.25, 0.3) is 11.0 Å². The van der Waals surface area contributed by atoms with Crippen LogP contribution < -0.4 is 0 Å². The van der Waals surface area contributed by atoms with Crippen LogP contribution in [0.4, 0.5) is 0 Å². The van der Waals surface area contributed by atoms with E-state index < -0.39 is 11.4 Å². The Morgan fingerprint density at radius 1 is 1.35 bits per heavy atom. The van der Waals surface area contributed by atoms with Crippen molar-refractivity contribution in [1.29, 1.82) is 0 Å². The number of fused-ring (bicyclic) bond motifs is 1. The van der Waals surface area contributed by atoms with Crippen molar-refractivity contribution in [3.63, 3.8) is 0 Å². The molecule has 3 heteroatoms. The fourth-order valence-corrected chi connectivity index (χ4v) is 1.79. The van der Waals surface area contributed by atoms with Crippen molar-refractivity contribution in [2.45, 2.75) is 27.2 Å². The van der Waals surface area contributed by atoms with Gasteiger partial charge in [0, 0.05) is 11.8 Å². The third-order valence-electron chi connectivity index (χ3n) is 2.92. The summed E-state index contributed by atoms with van der Waals surface area (Å²) in [6.07, 6.45) is 0.399. The minimum atomic E-state index is -0.811. The van der Waals surface area contributed by atoms with Crippen LogP contribution in [0.15, 0.2) is 28.7 Å². The predicted octanol–water partition coefficient (Wildman–Crippen LogP) is 3.39. The highest BCUT2D eigenvalue weighted by molar-refractivity contribution is 5.79. The topological polar surface area (TPSA) is 50.4 Å². The zero-order valence-corrected chi connectivity index (χ0v) is 10.3. The fourth-order valence-electron chi connectivity index (χ4n) is 1.79. The highest BCUT2D eigenvalue weighted by Gasteiger charge is 2.28. The van der Waals surface area contributed by atoms with Gasteiger partial charge in [0.15, 0.2) is 0 Å². The van der Waals surface area contributed by atoms with Crippen LogP contribution in [0.3, 0.4) is 0 Å². The molecule has 1 heterocycles. The van der Waals surface area contributed by atoms with Crippen molar-refractivity contribution >= 4 is 16.9 Å². The molecule has 2 rings (SSSR count). The fraction of sp³-hybridized carbons (Fsp3) is 0.357. The first kappa shape index (κ1) is 11.7. The summed E-state index contributed by atoms with van der Waals surface area (Å²) < 4.78 is 5.67. The Balaban J connectivity index is 2.34. The van der Waals surface area contributed by atoms with Crippen molar-refractivity contribution < 1.29 is 14.3 Å². The SMILES string of the molecule is Cc1ccc2cc(CC(C)(C)C(=O)O)oc2c1. The Morgan fingerprint density at radius 2 is 2.06 bits per heavy atom. The lowest BCUT2D eigenvalue weighted by Crippen LogP contribution is -2.25. The molecule has 0 saturated carbocycles. The molecule has 0 amide bonds. The average molecular weight is 232 g/mol. The summed E-state index contributed by atoms with van der Waals surface area (Å²) in [7, 11) is 0. The summed E-state index contributed by atoms with van der Waals surface area (Å²) in [4.78, 5) is 11.1. The highest BCUT2D eigenvalue weighted by atomic mass is 16.4. The first-order valence-electron chi connectivity index (χ1n) is 5.61. The van der Waals surface area contributed by atoms with Gasteiger partial charge in [-0.25, -0.2) is 0 Å². The molecule has 0 unspecified atom stereocenters. The zero-order chi connectivity index (χ0) is 12.6. The van der Waals surface area contributed by atoms with Crippen molar-refractivity contribution in [3.05, 3.63) is 35.6 Å². The lowest BCUT2D eigenvalue weighted by atomic mass is 9.88. The molecule has 2 aromatic rings. The summed E-state index contributed by atoms with van der Waals surface area (Å²) in [5.74, 6) is -0.0906. The molecule has 1 N–H and O–H groups in total. The molecule has 1 aromatic heterocycles. The van der Waals surface area contributed by atoms with Gasteiger partial charge in [0.2, 0.25) is 0 Å². The van der Waals surface area contributed by atoms with Crippen molar-refractivity contribution in [3.8, 4) is 0 Å². The Bertz CT molecular complexity index is 564. The van der Waals surface area contributed by atoms with Crippen LogP contribution in [0.1, 0.15) is 25.2 Å². The lowest BCUT2D eigenvalue weighted by Gasteiger charge is -2.16. The average Bonchev–Trinajstić information content (AvgIpc) is 2.57. The largest absolute Gasteiger partial charge is 0.481 e. The molecule has 17 heavy (non-hydrogen) atoms. The second kappa shape index (κ2) is 3.91. The van der Waals surface area contributed by atoms with Gasteiger partial charge < -0.3 is 9.52 Å². The van der Waals surface area contributed by atoms with Crippen LogP contribution in [0, 0.1) is 12.3 Å². The van der Waals surface area contributed by atoms with Gasteiger partial charge in [-0.05, 0) is 38.5 Å². The smallest absolute Gasteiger partial charge is 0.309 e. The molecule has 0 aliphatic carbocycles. The van der Waals surface area contributed by atoms with Gasteiger partial charge in [-0.1, -0.05) is 12.1 Å². The number of furan rings is 1. The molecule has 0 saturated heterocycles. The van der Waals surface area contributed by atoms with Gasteiger partial charge in [-0.2, -0.15) is 0 Å². The minimum Gasteiger partial charge on any atom is -0.481 e. The number of hydrogen-bond acceptors (Lipinski definition) is 2. The number of carboxylic acids is 1. The predicted molar refractivity (Wildman–Crippen MR) is 66.1 cm³/mol. The molecule has 90 valence electrons. The number of hydrogen-bond donors (Lipinski definition) is 1. The van der Waals surface area contributed by atoms with E-state index in [2.05, 4.69) is 0 Å². The molecule has 0 bridgehead atoms. The number of carbonyl (C=O) groups is 1. The van der Waals surface area contributed by atoms with Crippen LogP contribution in [-0.4, -0.2) is 11.1 Å². The van der Waals surface area contributed by atoms with Crippen molar-refractivity contribution in [2.75, 3.05) is 0 Å². The van der Waals surface area contributed by atoms with Crippen molar-refractivity contribution in [2.24, 2.45) is 5.41 Å². The van der Waals surface area contributed by atoms with Crippen LogP contribution in [0.5, 0.6) is 0 Å². The van der Waals surface area contributed by atoms with Gasteiger partial charge >= 0.3 is 5.97 Å². The molecule has 0 spiro atoms. The van der Waals surface area contributed by atoms with Crippen LogP contribution in [-0.2, 0) is 11.2 Å². The quantitative estimate of drug-likeness (QED) is 0.882. The molecule has 0 aliphatic rings. The molecular formula is C14H16O3. The monoisotopic (exact) mass is 232 g/mol. The van der Waals surface area contributed by atoms with Crippen molar-refractivity contribution in [1.82, 2.24) is 0 Å². The second-order valence-electron chi connectivity index (χ2n) is 5.12. The molecule has 0 atom stereocenters. The van der Waals surface area contributed by atoms with Gasteiger partial charge in [0.1, 0.15) is 11.3 Å². The standard InChI is InChI=1S/C14H16O3/c1-9-4-5-10-7-11(17-12(10)6-9)8-14(2,3)13(15)16/h4-7H,8H2,1-3H3,(H,15,16). The molecule has 0 fully saturated rings. The Labute approximate surface area is 100 Å². The van der Waals surface area contributed by atoms with E-state index in [9.17, 15) is 4.79 Å². The summed E-state index contributed by atoms with van der Waals surface area (Å²) in [6.45, 7) is 5.41. The van der Waals surface area contributed by atoms with E-state index >= 15 is 0 Å². The normalized spacial score (nSPS) is 11.9. The number of aryl methyl sites for hydroxylation is 1. The van der Waals surface area contributed by atoms with Gasteiger partial charge in [-0.15, -0.1) is 0 Å². The highest BCUT2D eigenvalue weighted by Crippen LogP contribution is 2.27. The Kier molecular flexibility index (Phi) is 2.69. The summed E-state index contributed by atoms with van der Waals surface area (Å²) in [6, 6.07) is 7.89. The van der Waals surface area contributed by atoms with Gasteiger partial charge in [0.25, 0.3) is 0 Å². The van der Waals surface area contributed by atoms with E-state index in [1.54, 1.807) is 13.8 Å². The third kappa shape index (κ3) is 2.33. The van der Waals surface area contributed by atoms with Gasteiger partial charge in [-0.3, -0.25) is 4.79 Å². The summed E-state index contributed by atoms with van der Waals surface area (Å²) in [5, 5.41) is 10.1. The molecule has 1 aromatic carbocycles. The van der Waals surface area contributed by atoms with E-state index in [0.717, 1.165) is 22.3 Å². The minimum absolute atomic E-state index is 0.399. The van der Waals surface area contributed by atoms with E-state index in [-0.39, 0.29) is 0 Å². The summed E-state index contributed by atoms with van der Waals surface area (Å²) >= 11 is 0. The van der Waals surface area contributed by atoms with Crippen LogP contribution >= 0.6 is 0 Å². The Hall–Kier alpha value is -1.77.